The molecular formula is C48H45Hf. The van der Waals surface area contributed by atoms with E-state index in [1.54, 1.807) is 0 Å². The topological polar surface area (TPSA) is 0 Å². The van der Waals surface area contributed by atoms with Gasteiger partial charge in [-0.25, -0.2) is 0 Å². The van der Waals surface area contributed by atoms with Gasteiger partial charge in [-0.3, -0.25) is 0 Å². The maximum absolute atomic E-state index is 4.59. The van der Waals surface area contributed by atoms with Gasteiger partial charge >= 0.3 is 292 Å². The number of allylic oxidation sites excluding steroid dienone is 2. The van der Waals surface area contributed by atoms with E-state index >= 15 is 0 Å². The standard InChI is InChI=1S/2C21H15.C3H6.3CH3.Hf/c2*1-2-8-16(9-3-1)18-12-4-5-13-20(18)21-15-7-11-17-10-6-14-19(17)21;1-3-2;;;;/h2*1-15H;1H,3H2,2H3;3*1H3;. The zero-order valence-electron chi connectivity index (χ0n) is 29.1. The Balaban J connectivity index is 1.28. The number of rotatable bonds is 7. The van der Waals surface area contributed by atoms with E-state index in [9.17, 15) is 0 Å². The summed E-state index contributed by atoms with van der Waals surface area (Å²) >= 11 is -4.59. The van der Waals surface area contributed by atoms with Crippen LogP contribution >= 0.6 is 0 Å². The number of fused-ring (bicyclic) bond motifs is 2. The minimum atomic E-state index is -4.59. The van der Waals surface area contributed by atoms with E-state index in [1.807, 2.05) is 0 Å². The molecule has 241 valence electrons. The molecule has 0 nitrogen and oxygen atoms in total. The Kier molecular flexibility index (Phi) is 7.50. The monoisotopic (exact) mass is 801 g/mol. The van der Waals surface area contributed by atoms with Gasteiger partial charge in [0.2, 0.25) is 0 Å². The van der Waals surface area contributed by atoms with Crippen LogP contribution in [-0.4, -0.2) is 3.76 Å². The summed E-state index contributed by atoms with van der Waals surface area (Å²) in [7, 11) is 0. The van der Waals surface area contributed by atoms with Crippen molar-refractivity contribution in [3.8, 4) is 44.5 Å². The summed E-state index contributed by atoms with van der Waals surface area (Å²) in [5.74, 6) is 0. The molecule has 1 heteroatoms. The van der Waals surface area contributed by atoms with E-state index < -0.39 is 16.5 Å². The number of hydrogen-bond acceptors (Lipinski definition) is 0. The van der Waals surface area contributed by atoms with E-state index in [-0.39, 0.29) is 0 Å². The van der Waals surface area contributed by atoms with Gasteiger partial charge in [0, 0.05) is 0 Å². The van der Waals surface area contributed by atoms with Crippen molar-refractivity contribution in [2.24, 2.45) is 0 Å². The minimum absolute atomic E-state index is 0.370. The SMILES string of the molecule is CC[CH]=[Hf]([CH3])([CH3])([CH3])([CH]1C=Cc2c(-c3ccccc3-c3ccccc3)cccc21)[CH]1C=Cc2c(-c3ccccc3-c3ccccc3)cccc21. The number of hydrogen-bond donors (Lipinski definition) is 0. The molecular weight excluding hydrogens is 755 g/mol. The van der Waals surface area contributed by atoms with Gasteiger partial charge in [0.05, 0.1) is 0 Å². The molecule has 6 aromatic carbocycles. The summed E-state index contributed by atoms with van der Waals surface area (Å²) in [6.07, 6.45) is 11.2. The Labute approximate surface area is 289 Å². The Morgan fingerprint density at radius 2 is 0.796 bits per heavy atom. The van der Waals surface area contributed by atoms with Crippen LogP contribution in [0.3, 0.4) is 0 Å². The molecule has 0 radical (unpaired) electrons. The zero-order valence-corrected chi connectivity index (χ0v) is 32.7. The van der Waals surface area contributed by atoms with Crippen molar-refractivity contribution in [1.82, 2.24) is 0 Å². The summed E-state index contributed by atoms with van der Waals surface area (Å²) in [5.41, 5.74) is 16.1. The van der Waals surface area contributed by atoms with Crippen LogP contribution in [0.1, 0.15) is 42.9 Å². The van der Waals surface area contributed by atoms with Crippen LogP contribution in [0.2, 0.25) is 14.0 Å². The van der Waals surface area contributed by atoms with E-state index in [0.29, 0.717) is 7.35 Å². The first-order valence-corrected chi connectivity index (χ1v) is 34.9. The molecule has 0 bridgehead atoms. The summed E-state index contributed by atoms with van der Waals surface area (Å²) in [5, 5.41) is 0. The van der Waals surface area contributed by atoms with Crippen LogP contribution in [0, 0.1) is 0 Å². The molecule has 0 saturated heterocycles. The molecule has 49 heavy (non-hydrogen) atoms. The molecule has 0 saturated carbocycles. The van der Waals surface area contributed by atoms with Crippen LogP contribution in [-0.2, 0) is 16.5 Å². The van der Waals surface area contributed by atoms with Crippen LogP contribution in [0.4, 0.5) is 0 Å². The first-order valence-electron chi connectivity index (χ1n) is 17.9. The molecule has 0 amide bonds. The van der Waals surface area contributed by atoms with Crippen molar-refractivity contribution in [2.45, 2.75) is 34.7 Å². The molecule has 8 rings (SSSR count). The fourth-order valence-electron chi connectivity index (χ4n) is 9.70. The van der Waals surface area contributed by atoms with E-state index in [4.69, 9.17) is 0 Å². The average Bonchev–Trinajstić information content (AvgIpc) is 3.80. The maximum atomic E-state index is 2.83. The molecule has 0 aliphatic heterocycles. The van der Waals surface area contributed by atoms with Crippen molar-refractivity contribution < 1.29 is 16.5 Å². The molecule has 2 aliphatic rings. The predicted octanol–water partition coefficient (Wildman–Crippen LogP) is 13.8. The molecule has 0 heterocycles. The van der Waals surface area contributed by atoms with Crippen molar-refractivity contribution in [2.75, 3.05) is 0 Å². The average molecular weight is 800 g/mol. The summed E-state index contributed by atoms with van der Waals surface area (Å²) in [6.45, 7) is 2.35. The molecule has 0 spiro atoms. The Morgan fingerprint density at radius 3 is 1.20 bits per heavy atom. The molecule has 0 aromatic heterocycles. The third kappa shape index (κ3) is 5.09. The van der Waals surface area contributed by atoms with Crippen LogP contribution < -0.4 is 0 Å². The fraction of sp³-hybridized carbons (Fsp3) is 0.146. The van der Waals surface area contributed by atoms with Gasteiger partial charge in [0.1, 0.15) is 0 Å². The quantitative estimate of drug-likeness (QED) is 0.141. The summed E-state index contributed by atoms with van der Waals surface area (Å²) in [6, 6.07) is 53.6. The Morgan fingerprint density at radius 1 is 0.429 bits per heavy atom. The molecule has 0 fully saturated rings. The molecule has 2 atom stereocenters. The van der Waals surface area contributed by atoms with E-state index in [0.717, 1.165) is 6.42 Å². The van der Waals surface area contributed by atoms with Gasteiger partial charge in [-0.2, -0.15) is 0 Å². The van der Waals surface area contributed by atoms with Gasteiger partial charge in [-0.1, -0.05) is 0 Å². The third-order valence-electron chi connectivity index (χ3n) is 12.1. The van der Waals surface area contributed by atoms with Crippen LogP contribution in [0.25, 0.3) is 56.7 Å². The van der Waals surface area contributed by atoms with Crippen LogP contribution in [0.15, 0.2) is 158 Å². The first kappa shape index (κ1) is 31.8. The van der Waals surface area contributed by atoms with Gasteiger partial charge in [-0.05, 0) is 0 Å². The number of benzene rings is 6. The van der Waals surface area contributed by atoms with E-state index in [1.165, 1.54) is 66.8 Å². The van der Waals surface area contributed by atoms with Gasteiger partial charge < -0.3 is 0 Å². The Bertz CT molecular complexity index is 2210. The summed E-state index contributed by atoms with van der Waals surface area (Å²) < 4.78 is 11.8. The van der Waals surface area contributed by atoms with Crippen molar-refractivity contribution in [3.63, 3.8) is 0 Å². The van der Waals surface area contributed by atoms with Gasteiger partial charge in [-0.15, -0.1) is 0 Å². The molecule has 0 N–H and O–H groups in total. The zero-order chi connectivity index (χ0) is 33.7. The van der Waals surface area contributed by atoms with Crippen molar-refractivity contribution in [1.29, 1.82) is 0 Å². The van der Waals surface area contributed by atoms with E-state index in [2.05, 4.69) is 195 Å². The second kappa shape index (κ2) is 11.6. The van der Waals surface area contributed by atoms with Crippen molar-refractivity contribution >= 4 is 15.9 Å². The first-order chi connectivity index (χ1) is 23.7. The fourth-order valence-corrected chi connectivity index (χ4v) is 36.5. The third-order valence-corrected chi connectivity index (χ3v) is 41.8. The molecule has 2 aliphatic carbocycles. The molecule has 6 aromatic rings. The summed E-state index contributed by atoms with van der Waals surface area (Å²) in [4.78, 5) is 0. The van der Waals surface area contributed by atoms with Crippen LogP contribution in [0.5, 0.6) is 0 Å². The van der Waals surface area contributed by atoms with Gasteiger partial charge in [0.25, 0.3) is 0 Å². The normalized spacial score (nSPS) is 17.6. The second-order valence-corrected chi connectivity index (χ2v) is 55.3. The predicted molar refractivity (Wildman–Crippen MR) is 212 cm³/mol. The van der Waals surface area contributed by atoms with Crippen molar-refractivity contribution in [3.05, 3.63) is 180 Å². The van der Waals surface area contributed by atoms with Gasteiger partial charge in [0.15, 0.2) is 0 Å². The molecule has 2 unspecified atom stereocenters. The Hall–Kier alpha value is -4.46. The second-order valence-electron chi connectivity index (χ2n) is 16.3.